The van der Waals surface area contributed by atoms with Crippen LogP contribution in [0, 0.1) is 18.3 Å². The van der Waals surface area contributed by atoms with Crippen LogP contribution in [0.5, 0.6) is 0 Å². The van der Waals surface area contributed by atoms with Crippen LogP contribution >= 0.6 is 0 Å². The Kier molecular flexibility index (Phi) is 3.99. The summed E-state index contributed by atoms with van der Waals surface area (Å²) >= 11 is 0. The Morgan fingerprint density at radius 3 is 2.72 bits per heavy atom. The number of aryl methyl sites for hydroxylation is 1. The highest BCUT2D eigenvalue weighted by Gasteiger charge is 2.42. The molecule has 0 saturated carbocycles. The summed E-state index contributed by atoms with van der Waals surface area (Å²) in [4.78, 5) is 1.54. The standard InChI is InChI=1S/C23H28NS/c1-6-25-21-15(2)13-17-9-7-8-10-19(17)20(21)24-22(25)18-11-12-23(4,5)14-16(18)3/h7-13,16,24H,6,14H2,1-5H3/q+1. The van der Waals surface area contributed by atoms with E-state index in [2.05, 4.69) is 82.4 Å². The average molecular weight is 351 g/mol. The molecule has 0 spiro atoms. The molecule has 0 bridgehead atoms. The first kappa shape index (κ1) is 16.8. The Labute approximate surface area is 154 Å². The lowest BCUT2D eigenvalue weighted by Crippen LogP contribution is -2.21. The van der Waals surface area contributed by atoms with Gasteiger partial charge in [-0.1, -0.05) is 57.2 Å². The number of nitrogens with one attached hydrogen (secondary N) is 1. The lowest BCUT2D eigenvalue weighted by molar-refractivity contribution is 0.366. The molecular weight excluding hydrogens is 322 g/mol. The molecule has 1 aliphatic carbocycles. The van der Waals surface area contributed by atoms with Crippen LogP contribution in [0.1, 0.15) is 39.7 Å². The second kappa shape index (κ2) is 5.95. The highest BCUT2D eigenvalue weighted by molar-refractivity contribution is 8.01. The van der Waals surface area contributed by atoms with Crippen LogP contribution in [0.25, 0.3) is 10.8 Å². The van der Waals surface area contributed by atoms with Crippen molar-refractivity contribution in [2.75, 3.05) is 11.1 Å². The molecule has 0 aromatic heterocycles. The highest BCUT2D eigenvalue weighted by atomic mass is 32.2. The zero-order valence-corrected chi connectivity index (χ0v) is 16.8. The van der Waals surface area contributed by atoms with E-state index in [0.29, 0.717) is 11.3 Å². The Morgan fingerprint density at radius 2 is 2.00 bits per heavy atom. The normalized spacial score (nSPS) is 27.4. The zero-order valence-electron chi connectivity index (χ0n) is 15.9. The Hall–Kier alpha value is -1.67. The Bertz CT molecular complexity index is 904. The fraction of sp³-hybridized carbons (Fsp3) is 0.391. The molecule has 2 aliphatic rings. The van der Waals surface area contributed by atoms with Gasteiger partial charge < -0.3 is 5.32 Å². The minimum absolute atomic E-state index is 0.160. The molecular formula is C23H28NS+. The molecule has 0 fully saturated rings. The van der Waals surface area contributed by atoms with Gasteiger partial charge in [-0.15, -0.1) is 0 Å². The number of rotatable bonds is 1. The summed E-state index contributed by atoms with van der Waals surface area (Å²) in [6.07, 6.45) is 6.03. The first-order chi connectivity index (χ1) is 11.9. The van der Waals surface area contributed by atoms with E-state index in [1.807, 2.05) is 0 Å². The van der Waals surface area contributed by atoms with Gasteiger partial charge in [0.15, 0.2) is 4.90 Å². The van der Waals surface area contributed by atoms with Gasteiger partial charge in [0.2, 0.25) is 5.03 Å². The summed E-state index contributed by atoms with van der Waals surface area (Å²) in [7, 11) is 0.160. The summed E-state index contributed by atoms with van der Waals surface area (Å²) < 4.78 is 0. The van der Waals surface area contributed by atoms with Crippen molar-refractivity contribution in [2.24, 2.45) is 11.3 Å². The van der Waals surface area contributed by atoms with Crippen LogP contribution in [0.2, 0.25) is 0 Å². The molecule has 1 aliphatic heterocycles. The third-order valence-electron chi connectivity index (χ3n) is 5.55. The minimum atomic E-state index is 0.160. The summed E-state index contributed by atoms with van der Waals surface area (Å²) in [5.74, 6) is 1.77. The van der Waals surface area contributed by atoms with Crippen molar-refractivity contribution in [3.8, 4) is 0 Å². The smallest absolute Gasteiger partial charge is 0.234 e. The van der Waals surface area contributed by atoms with Gasteiger partial charge in [-0.3, -0.25) is 0 Å². The molecule has 4 rings (SSSR count). The van der Waals surface area contributed by atoms with E-state index in [0.717, 1.165) is 0 Å². The average Bonchev–Trinajstić information content (AvgIpc) is 2.94. The van der Waals surface area contributed by atoms with Gasteiger partial charge in [0.25, 0.3) is 0 Å². The van der Waals surface area contributed by atoms with Crippen molar-refractivity contribution in [2.45, 2.75) is 45.9 Å². The van der Waals surface area contributed by atoms with E-state index in [4.69, 9.17) is 0 Å². The van der Waals surface area contributed by atoms with Gasteiger partial charge >= 0.3 is 0 Å². The molecule has 0 radical (unpaired) electrons. The number of hydrogen-bond acceptors (Lipinski definition) is 1. The molecule has 2 atom stereocenters. The quantitative estimate of drug-likeness (QED) is 0.586. The van der Waals surface area contributed by atoms with Crippen LogP contribution < -0.4 is 5.32 Å². The van der Waals surface area contributed by atoms with Crippen LogP contribution in [0.4, 0.5) is 5.69 Å². The second-order valence-corrected chi connectivity index (χ2v) is 10.3. The van der Waals surface area contributed by atoms with Gasteiger partial charge in [-0.2, -0.15) is 0 Å². The predicted molar refractivity (Wildman–Crippen MR) is 112 cm³/mol. The maximum atomic E-state index is 3.89. The van der Waals surface area contributed by atoms with Gasteiger partial charge in [-0.05, 0) is 43.1 Å². The molecule has 2 aromatic rings. The van der Waals surface area contributed by atoms with Crippen molar-refractivity contribution in [1.29, 1.82) is 0 Å². The minimum Gasteiger partial charge on any atom is -0.311 e. The van der Waals surface area contributed by atoms with E-state index in [1.165, 1.54) is 49.7 Å². The maximum Gasteiger partial charge on any atom is 0.234 e. The fourth-order valence-corrected chi connectivity index (χ4v) is 6.85. The SMILES string of the molecule is CC[S+]1C(=C2C=CC(C)(C)CC2C)Nc2c1c(C)cc1ccccc21. The van der Waals surface area contributed by atoms with E-state index in [-0.39, 0.29) is 10.9 Å². The summed E-state index contributed by atoms with van der Waals surface area (Å²) in [5, 5.41) is 8.05. The van der Waals surface area contributed by atoms with Gasteiger partial charge in [0.1, 0.15) is 11.4 Å². The topological polar surface area (TPSA) is 12.0 Å². The third-order valence-corrected chi connectivity index (χ3v) is 7.97. The molecule has 0 amide bonds. The van der Waals surface area contributed by atoms with Gasteiger partial charge in [0.05, 0.1) is 10.9 Å². The number of anilines is 1. The molecule has 2 heteroatoms. The predicted octanol–water partition coefficient (Wildman–Crippen LogP) is 6.40. The number of fused-ring (bicyclic) bond motifs is 3. The van der Waals surface area contributed by atoms with Crippen molar-refractivity contribution in [3.63, 3.8) is 0 Å². The van der Waals surface area contributed by atoms with Crippen LogP contribution in [0.3, 0.4) is 0 Å². The molecule has 2 aromatic carbocycles. The molecule has 25 heavy (non-hydrogen) atoms. The first-order valence-electron chi connectivity index (χ1n) is 9.35. The van der Waals surface area contributed by atoms with E-state index >= 15 is 0 Å². The van der Waals surface area contributed by atoms with Crippen LogP contribution in [-0.4, -0.2) is 5.75 Å². The summed E-state index contributed by atoms with van der Waals surface area (Å²) in [5.41, 5.74) is 4.61. The van der Waals surface area contributed by atoms with Gasteiger partial charge in [0, 0.05) is 16.5 Å². The fourth-order valence-electron chi connectivity index (χ4n) is 4.44. The molecule has 0 saturated heterocycles. The zero-order chi connectivity index (χ0) is 17.8. The molecule has 1 N–H and O–H groups in total. The van der Waals surface area contributed by atoms with E-state index in [1.54, 1.807) is 0 Å². The van der Waals surface area contributed by atoms with Crippen molar-refractivity contribution in [3.05, 3.63) is 58.6 Å². The van der Waals surface area contributed by atoms with Crippen molar-refractivity contribution >= 4 is 27.4 Å². The van der Waals surface area contributed by atoms with E-state index < -0.39 is 0 Å². The monoisotopic (exact) mass is 350 g/mol. The van der Waals surface area contributed by atoms with Crippen molar-refractivity contribution in [1.82, 2.24) is 0 Å². The second-order valence-electron chi connectivity index (χ2n) is 8.13. The lowest BCUT2D eigenvalue weighted by atomic mass is 9.76. The number of hydrogen-bond donors (Lipinski definition) is 1. The van der Waals surface area contributed by atoms with E-state index in [9.17, 15) is 0 Å². The molecule has 2 unspecified atom stereocenters. The number of allylic oxidation sites excluding steroid dienone is 3. The summed E-state index contributed by atoms with van der Waals surface area (Å²) in [6.45, 7) is 11.7. The summed E-state index contributed by atoms with van der Waals surface area (Å²) in [6, 6.07) is 11.1. The van der Waals surface area contributed by atoms with Crippen molar-refractivity contribution < 1.29 is 0 Å². The Morgan fingerprint density at radius 1 is 1.24 bits per heavy atom. The van der Waals surface area contributed by atoms with Gasteiger partial charge in [-0.25, -0.2) is 0 Å². The molecule has 130 valence electrons. The largest absolute Gasteiger partial charge is 0.311 e. The highest BCUT2D eigenvalue weighted by Crippen LogP contribution is 2.47. The van der Waals surface area contributed by atoms with Crippen LogP contribution in [-0.2, 0) is 10.9 Å². The Balaban J connectivity index is 1.92. The third kappa shape index (κ3) is 2.71. The molecule has 1 heterocycles. The molecule has 1 nitrogen and oxygen atoms in total. The van der Waals surface area contributed by atoms with Crippen LogP contribution in [0.15, 0.2) is 58.0 Å². The first-order valence-corrected chi connectivity index (χ1v) is 10.7. The number of benzene rings is 2. The lowest BCUT2D eigenvalue weighted by Gasteiger charge is -2.30. The maximum absolute atomic E-state index is 3.89.